The molecule has 0 saturated carbocycles. The summed E-state index contributed by atoms with van der Waals surface area (Å²) in [6, 6.07) is 8.73. The van der Waals surface area contributed by atoms with E-state index in [2.05, 4.69) is 0 Å². The number of esters is 1. The molecular weight excluding hydrogens is 364 g/mol. The summed E-state index contributed by atoms with van der Waals surface area (Å²) in [6.07, 6.45) is 7.29. The summed E-state index contributed by atoms with van der Waals surface area (Å²) >= 11 is 0. The molecule has 0 spiro atoms. The highest BCUT2D eigenvalue weighted by atomic mass is 16.6. The van der Waals surface area contributed by atoms with Crippen molar-refractivity contribution in [1.29, 1.82) is 0 Å². The highest BCUT2D eigenvalue weighted by Gasteiger charge is 2.23. The van der Waals surface area contributed by atoms with Gasteiger partial charge >= 0.3 is 5.97 Å². The van der Waals surface area contributed by atoms with Crippen LogP contribution in [0, 0.1) is 10.1 Å². The lowest BCUT2D eigenvalue weighted by Gasteiger charge is -2.26. The number of hydrogen-bond donors (Lipinski definition) is 0. The molecule has 1 aromatic carbocycles. The number of rotatable bonds is 7. The van der Waals surface area contributed by atoms with Crippen molar-refractivity contribution in [2.75, 3.05) is 6.61 Å². The van der Waals surface area contributed by atoms with Gasteiger partial charge in [0.25, 0.3) is 11.6 Å². The third-order valence-electron chi connectivity index (χ3n) is 4.43. The van der Waals surface area contributed by atoms with Crippen molar-refractivity contribution >= 4 is 17.6 Å². The number of amides is 1. The molecule has 1 aliphatic carbocycles. The molecule has 1 amide bonds. The molecular formula is C20H20N2O6. The first-order valence-electron chi connectivity index (χ1n) is 8.98. The molecule has 0 saturated heterocycles. The van der Waals surface area contributed by atoms with Crippen molar-refractivity contribution in [2.24, 2.45) is 0 Å². The summed E-state index contributed by atoms with van der Waals surface area (Å²) in [5.74, 6) is -0.527. The lowest BCUT2D eigenvalue weighted by atomic mass is 10.0. The predicted octanol–water partition coefficient (Wildman–Crippen LogP) is 3.83. The zero-order chi connectivity index (χ0) is 19.9. The first kappa shape index (κ1) is 19.3. The van der Waals surface area contributed by atoms with Crippen LogP contribution in [-0.4, -0.2) is 28.3 Å². The Kier molecular flexibility index (Phi) is 6.21. The molecule has 0 atom stereocenters. The zero-order valence-corrected chi connectivity index (χ0v) is 15.2. The smallest absolute Gasteiger partial charge is 0.338 e. The van der Waals surface area contributed by atoms with Crippen LogP contribution in [0.4, 0.5) is 5.69 Å². The fraction of sp³-hybridized carbons (Fsp3) is 0.300. The van der Waals surface area contributed by atoms with E-state index in [0.717, 1.165) is 37.4 Å². The molecule has 1 heterocycles. The minimum atomic E-state index is -0.785. The van der Waals surface area contributed by atoms with E-state index in [1.54, 1.807) is 17.0 Å². The van der Waals surface area contributed by atoms with Crippen LogP contribution in [-0.2, 0) is 16.1 Å². The van der Waals surface area contributed by atoms with E-state index < -0.39 is 17.5 Å². The van der Waals surface area contributed by atoms with Crippen molar-refractivity contribution in [1.82, 2.24) is 4.90 Å². The van der Waals surface area contributed by atoms with E-state index in [4.69, 9.17) is 9.15 Å². The van der Waals surface area contributed by atoms with Gasteiger partial charge in [0, 0.05) is 17.8 Å². The molecule has 8 heteroatoms. The second kappa shape index (κ2) is 8.98. The number of carbonyl (C=O) groups is 2. The maximum atomic E-state index is 12.7. The van der Waals surface area contributed by atoms with E-state index in [9.17, 15) is 19.7 Å². The average molecular weight is 384 g/mol. The fourth-order valence-electron chi connectivity index (χ4n) is 3.01. The Morgan fingerprint density at radius 1 is 1.21 bits per heavy atom. The van der Waals surface area contributed by atoms with Gasteiger partial charge < -0.3 is 14.1 Å². The van der Waals surface area contributed by atoms with Crippen molar-refractivity contribution in [2.45, 2.75) is 32.2 Å². The summed E-state index contributed by atoms with van der Waals surface area (Å²) in [4.78, 5) is 36.7. The Balaban J connectivity index is 1.67. The van der Waals surface area contributed by atoms with Crippen LogP contribution in [0.15, 0.2) is 58.9 Å². The summed E-state index contributed by atoms with van der Waals surface area (Å²) < 4.78 is 10.4. The number of non-ortho nitro benzene ring substituents is 1. The molecule has 1 aromatic heterocycles. The number of ether oxygens (including phenoxy) is 1. The predicted molar refractivity (Wildman–Crippen MR) is 99.2 cm³/mol. The molecule has 146 valence electrons. The number of benzene rings is 1. The first-order valence-corrected chi connectivity index (χ1v) is 8.98. The Labute approximate surface area is 161 Å². The molecule has 8 nitrogen and oxygen atoms in total. The summed E-state index contributed by atoms with van der Waals surface area (Å²) in [5.41, 5.74) is 0.697. The van der Waals surface area contributed by atoms with E-state index in [0.29, 0.717) is 5.76 Å². The number of nitro benzene ring substituents is 1. The van der Waals surface area contributed by atoms with Crippen LogP contribution in [0.3, 0.4) is 0 Å². The Morgan fingerprint density at radius 2 is 2.07 bits per heavy atom. The topological polar surface area (TPSA) is 103 Å². The monoisotopic (exact) mass is 384 g/mol. The Bertz CT molecular complexity index is 888. The third kappa shape index (κ3) is 4.85. The average Bonchev–Trinajstić information content (AvgIpc) is 3.24. The number of nitrogens with zero attached hydrogens (tertiary/aromatic N) is 2. The number of carbonyl (C=O) groups excluding carboxylic acids is 2. The van der Waals surface area contributed by atoms with E-state index in [-0.39, 0.29) is 23.7 Å². The first-order chi connectivity index (χ1) is 13.5. The molecule has 28 heavy (non-hydrogen) atoms. The molecule has 0 fully saturated rings. The van der Waals surface area contributed by atoms with Gasteiger partial charge in [-0.2, -0.15) is 0 Å². The van der Waals surface area contributed by atoms with Gasteiger partial charge in [0.1, 0.15) is 5.76 Å². The van der Waals surface area contributed by atoms with Crippen LogP contribution in [0.5, 0.6) is 0 Å². The van der Waals surface area contributed by atoms with Crippen LogP contribution >= 0.6 is 0 Å². The van der Waals surface area contributed by atoms with E-state index in [1.807, 2.05) is 6.08 Å². The van der Waals surface area contributed by atoms with Gasteiger partial charge in [-0.05, 0) is 43.9 Å². The highest BCUT2D eigenvalue weighted by Crippen LogP contribution is 2.23. The Morgan fingerprint density at radius 3 is 2.75 bits per heavy atom. The summed E-state index contributed by atoms with van der Waals surface area (Å²) in [5, 5.41) is 10.8. The highest BCUT2D eigenvalue weighted by molar-refractivity contribution is 5.92. The minimum Gasteiger partial charge on any atom is -0.467 e. The molecule has 0 radical (unpaired) electrons. The van der Waals surface area contributed by atoms with Crippen LogP contribution in [0.2, 0.25) is 0 Å². The van der Waals surface area contributed by atoms with E-state index >= 15 is 0 Å². The molecule has 0 unspecified atom stereocenters. The quantitative estimate of drug-likeness (QED) is 0.408. The maximum Gasteiger partial charge on any atom is 0.338 e. The third-order valence-corrected chi connectivity index (χ3v) is 4.43. The standard InChI is InChI=1S/C20H20N2O6/c23-19(14-28-20(24)15-6-4-9-17(12-15)22(25)26)21(13-18-10-5-11-27-18)16-7-2-1-3-8-16/h4-7,9-12H,1-3,8,13-14H2. The SMILES string of the molecule is O=C(OCC(=O)N(Cc1ccco1)C1=CCCCC1)c1cccc([N+](=O)[O-])c1. The number of furan rings is 1. The normalized spacial score (nSPS) is 13.5. The van der Waals surface area contributed by atoms with Gasteiger partial charge in [-0.15, -0.1) is 0 Å². The summed E-state index contributed by atoms with van der Waals surface area (Å²) in [7, 11) is 0. The largest absolute Gasteiger partial charge is 0.467 e. The number of nitro groups is 1. The van der Waals surface area contributed by atoms with Crippen LogP contribution < -0.4 is 0 Å². The zero-order valence-electron chi connectivity index (χ0n) is 15.2. The van der Waals surface area contributed by atoms with Gasteiger partial charge in [0.2, 0.25) is 0 Å². The van der Waals surface area contributed by atoms with Gasteiger partial charge in [0.15, 0.2) is 6.61 Å². The van der Waals surface area contributed by atoms with E-state index in [1.165, 1.54) is 24.5 Å². The number of allylic oxidation sites excluding steroid dienone is 2. The lowest BCUT2D eigenvalue weighted by molar-refractivity contribution is -0.384. The Hall–Kier alpha value is -3.42. The van der Waals surface area contributed by atoms with Gasteiger partial charge in [-0.3, -0.25) is 14.9 Å². The van der Waals surface area contributed by atoms with Gasteiger partial charge in [0.05, 0.1) is 23.3 Å². The van der Waals surface area contributed by atoms with Crippen LogP contribution in [0.1, 0.15) is 41.8 Å². The van der Waals surface area contributed by atoms with Crippen molar-refractivity contribution < 1.29 is 23.7 Å². The van der Waals surface area contributed by atoms with Crippen molar-refractivity contribution in [3.05, 3.63) is 75.9 Å². The fourth-order valence-corrected chi connectivity index (χ4v) is 3.01. The van der Waals surface area contributed by atoms with Gasteiger partial charge in [-0.25, -0.2) is 4.79 Å². The molecule has 2 aromatic rings. The van der Waals surface area contributed by atoms with Crippen molar-refractivity contribution in [3.8, 4) is 0 Å². The lowest BCUT2D eigenvalue weighted by Crippen LogP contribution is -2.34. The molecule has 3 rings (SSSR count). The second-order valence-electron chi connectivity index (χ2n) is 6.38. The molecule has 0 aliphatic heterocycles. The molecule has 1 aliphatic rings. The van der Waals surface area contributed by atoms with Crippen molar-refractivity contribution in [3.63, 3.8) is 0 Å². The molecule has 0 N–H and O–H groups in total. The number of hydrogen-bond acceptors (Lipinski definition) is 6. The van der Waals surface area contributed by atoms with Gasteiger partial charge in [-0.1, -0.05) is 12.1 Å². The summed E-state index contributed by atoms with van der Waals surface area (Å²) in [6.45, 7) is -0.203. The maximum absolute atomic E-state index is 12.7. The second-order valence-corrected chi connectivity index (χ2v) is 6.38. The molecule has 0 bridgehead atoms. The van der Waals surface area contributed by atoms with Crippen LogP contribution in [0.25, 0.3) is 0 Å². The minimum absolute atomic E-state index is 0.0245.